The van der Waals surface area contributed by atoms with E-state index in [1.54, 1.807) is 13.4 Å². The van der Waals surface area contributed by atoms with Crippen LogP contribution in [-0.2, 0) is 0 Å². The van der Waals surface area contributed by atoms with Crippen LogP contribution >= 0.6 is 0 Å². The Balaban J connectivity index is 1.98. The molecule has 0 saturated heterocycles. The molecule has 5 nitrogen and oxygen atoms in total. The number of ether oxygens (including phenoxy) is 1. The highest BCUT2D eigenvalue weighted by molar-refractivity contribution is 5.75. The predicted molar refractivity (Wildman–Crippen MR) is 61.5 cm³/mol. The molecule has 1 aromatic heterocycles. The summed E-state index contributed by atoms with van der Waals surface area (Å²) in [5.41, 5.74) is 1.84. The van der Waals surface area contributed by atoms with Gasteiger partial charge in [0.1, 0.15) is 18.5 Å². The van der Waals surface area contributed by atoms with E-state index in [0.29, 0.717) is 6.54 Å². The number of rotatable bonds is 5. The fraction of sp³-hybridized carbons (Fsp3) is 0.364. The summed E-state index contributed by atoms with van der Waals surface area (Å²) in [5.74, 6) is 0.729. The minimum Gasteiger partial charge on any atom is -0.491 e. The summed E-state index contributed by atoms with van der Waals surface area (Å²) >= 11 is 0. The zero-order chi connectivity index (χ0) is 11.4. The van der Waals surface area contributed by atoms with Gasteiger partial charge >= 0.3 is 0 Å². The molecule has 16 heavy (non-hydrogen) atoms. The van der Waals surface area contributed by atoms with E-state index in [-0.39, 0.29) is 6.61 Å². The number of likely N-dealkylation sites (N-methyl/N-ethyl adjacent to an activating group) is 1. The number of benzene rings is 1. The molecule has 0 bridgehead atoms. The maximum Gasteiger partial charge on any atom is 0.121 e. The Labute approximate surface area is 93.5 Å². The lowest BCUT2D eigenvalue weighted by Gasteiger charge is -2.11. The number of nitrogens with one attached hydrogen (secondary N) is 2. The number of H-pyrrole nitrogens is 1. The molecule has 0 saturated carbocycles. The van der Waals surface area contributed by atoms with Crippen molar-refractivity contribution in [2.45, 2.75) is 6.10 Å². The van der Waals surface area contributed by atoms with Crippen molar-refractivity contribution in [1.29, 1.82) is 0 Å². The van der Waals surface area contributed by atoms with Crippen molar-refractivity contribution in [2.24, 2.45) is 0 Å². The lowest BCUT2D eigenvalue weighted by Crippen LogP contribution is -2.29. The highest BCUT2D eigenvalue weighted by atomic mass is 16.5. The molecular formula is C11H15N3O2. The largest absolute Gasteiger partial charge is 0.491 e. The van der Waals surface area contributed by atoms with Crippen LogP contribution < -0.4 is 10.1 Å². The molecule has 2 rings (SSSR count). The molecule has 0 aliphatic heterocycles. The molecule has 3 N–H and O–H groups in total. The second kappa shape index (κ2) is 4.96. The van der Waals surface area contributed by atoms with Gasteiger partial charge in [0.15, 0.2) is 0 Å². The Hall–Kier alpha value is -1.59. The smallest absolute Gasteiger partial charge is 0.121 e. The number of fused-ring (bicyclic) bond motifs is 1. The summed E-state index contributed by atoms with van der Waals surface area (Å²) in [5, 5.41) is 12.4. The summed E-state index contributed by atoms with van der Waals surface area (Å²) in [4.78, 5) is 7.12. The zero-order valence-corrected chi connectivity index (χ0v) is 9.10. The van der Waals surface area contributed by atoms with Gasteiger partial charge in [0.05, 0.1) is 17.4 Å². The SMILES string of the molecule is CNC[C@H](O)COc1ccc2nc[nH]c2c1. The first-order chi connectivity index (χ1) is 7.79. The first-order valence-corrected chi connectivity index (χ1v) is 5.18. The van der Waals surface area contributed by atoms with Gasteiger partial charge in [-0.25, -0.2) is 4.98 Å². The van der Waals surface area contributed by atoms with Crippen LogP contribution in [0.15, 0.2) is 24.5 Å². The Kier molecular flexibility index (Phi) is 3.38. The minimum atomic E-state index is -0.498. The minimum absolute atomic E-state index is 0.278. The van der Waals surface area contributed by atoms with E-state index in [9.17, 15) is 5.11 Å². The monoisotopic (exact) mass is 221 g/mol. The topological polar surface area (TPSA) is 70.2 Å². The number of aliphatic hydroxyl groups is 1. The van der Waals surface area contributed by atoms with Crippen LogP contribution in [0.3, 0.4) is 0 Å². The lowest BCUT2D eigenvalue weighted by molar-refractivity contribution is 0.108. The van der Waals surface area contributed by atoms with Gasteiger partial charge in [-0.3, -0.25) is 0 Å². The lowest BCUT2D eigenvalue weighted by atomic mass is 10.3. The fourth-order valence-electron chi connectivity index (χ4n) is 1.49. The van der Waals surface area contributed by atoms with Crippen LogP contribution in [0.2, 0.25) is 0 Å². The van der Waals surface area contributed by atoms with E-state index in [1.807, 2.05) is 18.2 Å². The molecule has 86 valence electrons. The number of hydrogen-bond acceptors (Lipinski definition) is 4. The molecule has 0 aliphatic carbocycles. The van der Waals surface area contributed by atoms with Crippen LogP contribution in [0.1, 0.15) is 0 Å². The summed E-state index contributed by atoms with van der Waals surface area (Å²) in [6.07, 6.45) is 1.15. The van der Waals surface area contributed by atoms with E-state index in [1.165, 1.54) is 0 Å². The summed E-state index contributed by atoms with van der Waals surface area (Å²) in [7, 11) is 1.79. The molecule has 0 aliphatic rings. The van der Waals surface area contributed by atoms with Crippen molar-refractivity contribution in [2.75, 3.05) is 20.2 Å². The molecule has 1 aromatic carbocycles. The Bertz CT molecular complexity index is 455. The second-order valence-electron chi connectivity index (χ2n) is 3.60. The first-order valence-electron chi connectivity index (χ1n) is 5.18. The molecule has 0 fully saturated rings. The molecular weight excluding hydrogens is 206 g/mol. The first kappa shape index (κ1) is 10.9. The van der Waals surface area contributed by atoms with Crippen LogP contribution in [0, 0.1) is 0 Å². The van der Waals surface area contributed by atoms with Crippen LogP contribution in [0.5, 0.6) is 5.75 Å². The van der Waals surface area contributed by atoms with Crippen molar-refractivity contribution in [3.63, 3.8) is 0 Å². The van der Waals surface area contributed by atoms with Gasteiger partial charge in [0, 0.05) is 12.6 Å². The van der Waals surface area contributed by atoms with Crippen molar-refractivity contribution in [3.05, 3.63) is 24.5 Å². The van der Waals surface area contributed by atoms with Gasteiger partial charge in [-0.1, -0.05) is 0 Å². The van der Waals surface area contributed by atoms with Gasteiger partial charge in [-0.05, 0) is 19.2 Å². The van der Waals surface area contributed by atoms with Crippen LogP contribution in [0.25, 0.3) is 11.0 Å². The van der Waals surface area contributed by atoms with Gasteiger partial charge in [-0.15, -0.1) is 0 Å². The zero-order valence-electron chi connectivity index (χ0n) is 9.10. The Morgan fingerprint density at radius 1 is 1.56 bits per heavy atom. The maximum atomic E-state index is 9.48. The van der Waals surface area contributed by atoms with Gasteiger partial charge < -0.3 is 20.1 Å². The van der Waals surface area contributed by atoms with Crippen molar-refractivity contribution >= 4 is 11.0 Å². The number of aliphatic hydroxyl groups excluding tert-OH is 1. The molecule has 5 heteroatoms. The molecule has 0 radical (unpaired) electrons. The summed E-state index contributed by atoms with van der Waals surface area (Å²) in [6, 6.07) is 5.59. The Morgan fingerprint density at radius 3 is 3.25 bits per heavy atom. The number of aromatic nitrogens is 2. The average molecular weight is 221 g/mol. The van der Waals surface area contributed by atoms with E-state index in [4.69, 9.17) is 4.74 Å². The quantitative estimate of drug-likeness (QED) is 0.688. The summed E-state index contributed by atoms with van der Waals surface area (Å²) in [6.45, 7) is 0.798. The highest BCUT2D eigenvalue weighted by Crippen LogP contribution is 2.17. The second-order valence-corrected chi connectivity index (χ2v) is 3.60. The Morgan fingerprint density at radius 2 is 2.44 bits per heavy atom. The number of aromatic amines is 1. The van der Waals surface area contributed by atoms with Gasteiger partial charge in [0.25, 0.3) is 0 Å². The fourth-order valence-corrected chi connectivity index (χ4v) is 1.49. The third-order valence-corrected chi connectivity index (χ3v) is 2.27. The third-order valence-electron chi connectivity index (χ3n) is 2.27. The van der Waals surface area contributed by atoms with Crippen LogP contribution in [-0.4, -0.2) is 41.4 Å². The van der Waals surface area contributed by atoms with Crippen molar-refractivity contribution in [3.8, 4) is 5.75 Å². The molecule has 0 unspecified atom stereocenters. The highest BCUT2D eigenvalue weighted by Gasteiger charge is 2.04. The van der Waals surface area contributed by atoms with E-state index < -0.39 is 6.10 Å². The number of nitrogens with zero attached hydrogens (tertiary/aromatic N) is 1. The summed E-state index contributed by atoms with van der Waals surface area (Å²) < 4.78 is 5.46. The van der Waals surface area contributed by atoms with Gasteiger partial charge in [-0.2, -0.15) is 0 Å². The molecule has 0 amide bonds. The maximum absolute atomic E-state index is 9.48. The number of imidazole rings is 1. The van der Waals surface area contributed by atoms with E-state index >= 15 is 0 Å². The standard InChI is InChI=1S/C11H15N3O2/c1-12-5-8(15)6-16-9-2-3-10-11(4-9)14-7-13-10/h2-4,7-8,12,15H,5-6H2,1H3,(H,13,14)/t8-/m0/s1. The number of hydrogen-bond donors (Lipinski definition) is 3. The predicted octanol–water partition coefficient (Wildman–Crippen LogP) is 0.522. The van der Waals surface area contributed by atoms with E-state index in [2.05, 4.69) is 15.3 Å². The van der Waals surface area contributed by atoms with Crippen molar-refractivity contribution < 1.29 is 9.84 Å². The van der Waals surface area contributed by atoms with Crippen LogP contribution in [0.4, 0.5) is 0 Å². The normalized spacial score (nSPS) is 12.9. The van der Waals surface area contributed by atoms with Gasteiger partial charge in [0.2, 0.25) is 0 Å². The third kappa shape index (κ3) is 2.50. The molecule has 0 spiro atoms. The van der Waals surface area contributed by atoms with E-state index in [0.717, 1.165) is 16.8 Å². The van der Waals surface area contributed by atoms with Crippen molar-refractivity contribution in [1.82, 2.24) is 15.3 Å². The molecule has 1 atom stereocenters. The molecule has 2 aromatic rings. The molecule has 1 heterocycles. The average Bonchev–Trinajstić information content (AvgIpc) is 2.74.